The smallest absolute Gasteiger partial charge is 0.271 e. The van der Waals surface area contributed by atoms with Crippen molar-refractivity contribution in [3.05, 3.63) is 33.9 Å². The molecular formula is C13H18ClN3O3. The minimum Gasteiger partial charge on any atom is -0.319 e. The van der Waals surface area contributed by atoms with Crippen LogP contribution in [0.25, 0.3) is 0 Å². The summed E-state index contributed by atoms with van der Waals surface area (Å²) in [5.74, 6) is -0.135. The summed E-state index contributed by atoms with van der Waals surface area (Å²) < 4.78 is 0. The van der Waals surface area contributed by atoms with Crippen LogP contribution in [0.5, 0.6) is 0 Å². The number of benzene rings is 1. The summed E-state index contributed by atoms with van der Waals surface area (Å²) in [6, 6.07) is 4.72. The predicted molar refractivity (Wildman–Crippen MR) is 79.5 cm³/mol. The highest BCUT2D eigenvalue weighted by atomic mass is 35.5. The fraction of sp³-hybridized carbons (Fsp3) is 0.462. The number of anilines is 1. The van der Waals surface area contributed by atoms with E-state index in [-0.39, 0.29) is 29.9 Å². The van der Waals surface area contributed by atoms with Crippen molar-refractivity contribution >= 4 is 29.7 Å². The van der Waals surface area contributed by atoms with Gasteiger partial charge in [0.05, 0.1) is 10.6 Å². The van der Waals surface area contributed by atoms with Crippen LogP contribution >= 0.6 is 12.4 Å². The fourth-order valence-corrected chi connectivity index (χ4v) is 2.37. The molecule has 1 heterocycles. The Bertz CT molecular complexity index is 522. The molecule has 0 spiro atoms. The van der Waals surface area contributed by atoms with Crippen molar-refractivity contribution in [3.8, 4) is 0 Å². The van der Waals surface area contributed by atoms with Gasteiger partial charge >= 0.3 is 0 Å². The van der Waals surface area contributed by atoms with Crippen molar-refractivity contribution in [2.24, 2.45) is 5.92 Å². The molecule has 0 aromatic heterocycles. The summed E-state index contributed by atoms with van der Waals surface area (Å²) in [6.07, 6.45) is 0.755. The number of hydrogen-bond acceptors (Lipinski definition) is 4. The van der Waals surface area contributed by atoms with Gasteiger partial charge in [0.15, 0.2) is 0 Å². The first kappa shape index (κ1) is 16.4. The van der Waals surface area contributed by atoms with Crippen LogP contribution in [0.4, 0.5) is 11.4 Å². The van der Waals surface area contributed by atoms with Crippen molar-refractivity contribution < 1.29 is 9.72 Å². The standard InChI is InChI=1S/C13H17N3O3.ClH/c1-9(8-14-2)13(17)15-6-5-10-3-4-11(16(18)19)7-12(10)15;/h3-4,7,9,14H,5-6,8H2,1-2H3;1H. The Kier molecular flexibility index (Phi) is 5.47. The van der Waals surface area contributed by atoms with E-state index in [1.54, 1.807) is 18.0 Å². The van der Waals surface area contributed by atoms with Crippen LogP contribution in [-0.4, -0.2) is 31.0 Å². The van der Waals surface area contributed by atoms with Crippen LogP contribution in [0.15, 0.2) is 18.2 Å². The van der Waals surface area contributed by atoms with Gasteiger partial charge in [-0.2, -0.15) is 0 Å². The van der Waals surface area contributed by atoms with E-state index in [9.17, 15) is 14.9 Å². The highest BCUT2D eigenvalue weighted by Crippen LogP contribution is 2.32. The molecule has 20 heavy (non-hydrogen) atoms. The molecule has 1 unspecified atom stereocenters. The van der Waals surface area contributed by atoms with Gasteiger partial charge in [-0.25, -0.2) is 0 Å². The molecule has 0 bridgehead atoms. The van der Waals surface area contributed by atoms with Gasteiger partial charge < -0.3 is 10.2 Å². The molecule has 0 fully saturated rings. The molecule has 1 atom stereocenters. The number of hydrogen-bond donors (Lipinski definition) is 1. The van der Waals surface area contributed by atoms with Gasteiger partial charge in [-0.1, -0.05) is 13.0 Å². The van der Waals surface area contributed by atoms with Crippen LogP contribution in [0.3, 0.4) is 0 Å². The number of nitrogens with zero attached hydrogens (tertiary/aromatic N) is 2. The lowest BCUT2D eigenvalue weighted by atomic mass is 10.1. The van der Waals surface area contributed by atoms with Crippen LogP contribution < -0.4 is 10.2 Å². The quantitative estimate of drug-likeness (QED) is 0.679. The van der Waals surface area contributed by atoms with Crippen molar-refractivity contribution in [3.63, 3.8) is 0 Å². The summed E-state index contributed by atoms with van der Waals surface area (Å²) in [6.45, 7) is 3.05. The number of non-ortho nitro benzene ring substituents is 1. The highest BCUT2D eigenvalue weighted by molar-refractivity contribution is 5.97. The number of carbonyl (C=O) groups excluding carboxylic acids is 1. The second-order valence-electron chi connectivity index (χ2n) is 4.77. The molecule has 1 aliphatic heterocycles. The zero-order chi connectivity index (χ0) is 14.0. The fourth-order valence-electron chi connectivity index (χ4n) is 2.37. The molecule has 0 aliphatic carbocycles. The SMILES string of the molecule is CNCC(C)C(=O)N1CCc2ccc([N+](=O)[O-])cc21.Cl. The van der Waals surface area contributed by atoms with Crippen LogP contribution in [-0.2, 0) is 11.2 Å². The third-order valence-electron chi connectivity index (χ3n) is 3.37. The van der Waals surface area contributed by atoms with E-state index < -0.39 is 4.92 Å². The van der Waals surface area contributed by atoms with Gasteiger partial charge in [0, 0.05) is 31.1 Å². The average molecular weight is 300 g/mol. The molecule has 1 aromatic rings. The molecular weight excluding hydrogens is 282 g/mol. The Morgan fingerprint density at radius 1 is 1.55 bits per heavy atom. The third kappa shape index (κ3) is 3.08. The number of rotatable bonds is 4. The second kappa shape index (κ2) is 6.67. The van der Waals surface area contributed by atoms with Crippen molar-refractivity contribution in [1.82, 2.24) is 5.32 Å². The largest absolute Gasteiger partial charge is 0.319 e. The van der Waals surface area contributed by atoms with E-state index in [0.29, 0.717) is 18.8 Å². The summed E-state index contributed by atoms with van der Waals surface area (Å²) in [5.41, 5.74) is 1.71. The topological polar surface area (TPSA) is 75.5 Å². The first-order valence-electron chi connectivity index (χ1n) is 6.28. The lowest BCUT2D eigenvalue weighted by Crippen LogP contribution is -2.37. The Hall–Kier alpha value is -1.66. The maximum absolute atomic E-state index is 12.3. The van der Waals surface area contributed by atoms with Crippen LogP contribution in [0.1, 0.15) is 12.5 Å². The number of nitro benzene ring substituents is 1. The molecule has 0 saturated heterocycles. The lowest BCUT2D eigenvalue weighted by molar-refractivity contribution is -0.384. The monoisotopic (exact) mass is 299 g/mol. The number of nitrogens with one attached hydrogen (secondary N) is 1. The Morgan fingerprint density at radius 3 is 2.85 bits per heavy atom. The Balaban J connectivity index is 0.00000200. The second-order valence-corrected chi connectivity index (χ2v) is 4.77. The predicted octanol–water partition coefficient (Wildman–Crippen LogP) is 1.76. The van der Waals surface area contributed by atoms with Gasteiger partial charge in [-0.05, 0) is 19.0 Å². The molecule has 6 nitrogen and oxygen atoms in total. The molecule has 0 saturated carbocycles. The lowest BCUT2D eigenvalue weighted by Gasteiger charge is -2.21. The summed E-state index contributed by atoms with van der Waals surface area (Å²) in [7, 11) is 1.80. The minimum atomic E-state index is -0.432. The van der Waals surface area contributed by atoms with Crippen molar-refractivity contribution in [1.29, 1.82) is 0 Å². The number of carbonyl (C=O) groups is 1. The third-order valence-corrected chi connectivity index (χ3v) is 3.37. The maximum atomic E-state index is 12.3. The summed E-state index contributed by atoms with van der Waals surface area (Å²) >= 11 is 0. The minimum absolute atomic E-state index is 0. The number of amides is 1. The Labute approximate surface area is 123 Å². The average Bonchev–Trinajstić information content (AvgIpc) is 2.80. The van der Waals surface area contributed by atoms with Crippen molar-refractivity contribution in [2.45, 2.75) is 13.3 Å². The zero-order valence-corrected chi connectivity index (χ0v) is 12.3. The number of nitro groups is 1. The summed E-state index contributed by atoms with van der Waals surface area (Å²) in [5, 5.41) is 13.8. The van der Waals surface area contributed by atoms with Gasteiger partial charge in [0.2, 0.25) is 5.91 Å². The first-order chi connectivity index (χ1) is 9.04. The molecule has 0 radical (unpaired) electrons. The number of halogens is 1. The molecule has 1 aromatic carbocycles. The molecule has 110 valence electrons. The van der Waals surface area contributed by atoms with E-state index in [1.807, 2.05) is 6.92 Å². The molecule has 2 rings (SSSR count). The first-order valence-corrected chi connectivity index (χ1v) is 6.28. The molecule has 7 heteroatoms. The normalized spacial score (nSPS) is 14.4. The maximum Gasteiger partial charge on any atom is 0.271 e. The van der Waals surface area contributed by atoms with E-state index in [4.69, 9.17) is 0 Å². The van der Waals surface area contributed by atoms with E-state index in [2.05, 4.69) is 5.32 Å². The number of fused-ring (bicyclic) bond motifs is 1. The molecule has 1 aliphatic rings. The van der Waals surface area contributed by atoms with E-state index in [1.165, 1.54) is 12.1 Å². The Morgan fingerprint density at radius 2 is 2.25 bits per heavy atom. The highest BCUT2D eigenvalue weighted by Gasteiger charge is 2.29. The summed E-state index contributed by atoms with van der Waals surface area (Å²) in [4.78, 5) is 24.3. The van der Waals surface area contributed by atoms with Crippen LogP contribution in [0.2, 0.25) is 0 Å². The van der Waals surface area contributed by atoms with Gasteiger partial charge in [0.1, 0.15) is 0 Å². The van der Waals surface area contributed by atoms with Crippen LogP contribution in [0, 0.1) is 16.0 Å². The molecule has 1 amide bonds. The van der Waals surface area contributed by atoms with E-state index in [0.717, 1.165) is 12.0 Å². The van der Waals surface area contributed by atoms with Gasteiger partial charge in [-0.15, -0.1) is 12.4 Å². The van der Waals surface area contributed by atoms with E-state index >= 15 is 0 Å². The van der Waals surface area contributed by atoms with Gasteiger partial charge in [0.25, 0.3) is 5.69 Å². The zero-order valence-electron chi connectivity index (χ0n) is 11.5. The van der Waals surface area contributed by atoms with Gasteiger partial charge in [-0.3, -0.25) is 14.9 Å². The van der Waals surface area contributed by atoms with Crippen molar-refractivity contribution in [2.75, 3.05) is 25.0 Å². The molecule has 1 N–H and O–H groups in total.